The molecule has 0 saturated carbocycles. The van der Waals surface area contributed by atoms with Crippen LogP contribution in [0.25, 0.3) is 0 Å². The molecule has 1 amide bonds. The average molecular weight is 340 g/mol. The monoisotopic (exact) mass is 340 g/mol. The topological polar surface area (TPSA) is 72.8 Å². The number of aliphatic hydroxyl groups is 2. The predicted molar refractivity (Wildman–Crippen MR) is 98.8 cm³/mol. The van der Waals surface area contributed by atoms with Crippen molar-refractivity contribution in [2.45, 2.75) is 26.1 Å². The zero-order chi connectivity index (χ0) is 17.8. The molecular weight excluding hydrogens is 316 g/mol. The van der Waals surface area contributed by atoms with Gasteiger partial charge in [-0.05, 0) is 55.3 Å². The molecule has 5 heteroatoms. The summed E-state index contributed by atoms with van der Waals surface area (Å²) in [6, 6.07) is 14.7. The number of rotatable bonds is 5. The van der Waals surface area contributed by atoms with Gasteiger partial charge in [0.2, 0.25) is 0 Å². The van der Waals surface area contributed by atoms with Gasteiger partial charge in [0.25, 0.3) is 5.91 Å². The van der Waals surface area contributed by atoms with Gasteiger partial charge in [0.1, 0.15) is 0 Å². The normalized spacial score (nSPS) is 18.2. The third kappa shape index (κ3) is 4.18. The Morgan fingerprint density at radius 2 is 2.04 bits per heavy atom. The number of carbonyl (C=O) groups is 1. The van der Waals surface area contributed by atoms with Crippen LogP contribution in [0.4, 0.5) is 11.4 Å². The van der Waals surface area contributed by atoms with Crippen LogP contribution in [-0.4, -0.2) is 35.3 Å². The van der Waals surface area contributed by atoms with E-state index in [0.717, 1.165) is 30.8 Å². The Morgan fingerprint density at radius 3 is 2.68 bits per heavy atom. The van der Waals surface area contributed by atoms with Crippen LogP contribution >= 0.6 is 0 Å². The Hall–Kier alpha value is -2.37. The first-order valence-corrected chi connectivity index (χ1v) is 8.61. The second-order valence-electron chi connectivity index (χ2n) is 6.59. The van der Waals surface area contributed by atoms with Gasteiger partial charge >= 0.3 is 0 Å². The van der Waals surface area contributed by atoms with Gasteiger partial charge in [-0.15, -0.1) is 0 Å². The summed E-state index contributed by atoms with van der Waals surface area (Å²) < 4.78 is 0. The summed E-state index contributed by atoms with van der Waals surface area (Å²) in [4.78, 5) is 14.6. The molecule has 2 aromatic carbocycles. The molecule has 1 fully saturated rings. The minimum atomic E-state index is -0.287. The highest BCUT2D eigenvalue weighted by Crippen LogP contribution is 2.26. The molecule has 0 radical (unpaired) electrons. The van der Waals surface area contributed by atoms with Gasteiger partial charge < -0.3 is 20.4 Å². The van der Waals surface area contributed by atoms with Crippen LogP contribution in [0.1, 0.15) is 29.3 Å². The summed E-state index contributed by atoms with van der Waals surface area (Å²) in [6.07, 6.45) is 0.700. The van der Waals surface area contributed by atoms with E-state index in [9.17, 15) is 9.90 Å². The molecule has 1 aliphatic rings. The lowest BCUT2D eigenvalue weighted by atomic mass is 10.0. The first-order chi connectivity index (χ1) is 12.1. The van der Waals surface area contributed by atoms with Crippen LogP contribution in [0, 0.1) is 5.92 Å². The second-order valence-corrected chi connectivity index (χ2v) is 6.59. The fraction of sp³-hybridized carbons (Fsp3) is 0.350. The molecule has 5 nitrogen and oxygen atoms in total. The van der Waals surface area contributed by atoms with E-state index in [0.29, 0.717) is 17.2 Å². The Labute approximate surface area is 147 Å². The smallest absolute Gasteiger partial charge is 0.255 e. The van der Waals surface area contributed by atoms with Crippen LogP contribution in [0.3, 0.4) is 0 Å². The van der Waals surface area contributed by atoms with Crippen LogP contribution in [0.15, 0.2) is 48.5 Å². The minimum Gasteiger partial charge on any atom is -0.393 e. The Balaban J connectivity index is 1.64. The number of anilines is 2. The van der Waals surface area contributed by atoms with E-state index in [2.05, 4.69) is 10.2 Å². The van der Waals surface area contributed by atoms with Gasteiger partial charge in [-0.3, -0.25) is 4.79 Å². The van der Waals surface area contributed by atoms with Crippen molar-refractivity contribution < 1.29 is 15.0 Å². The Morgan fingerprint density at radius 1 is 1.28 bits per heavy atom. The summed E-state index contributed by atoms with van der Waals surface area (Å²) in [5, 5.41) is 21.7. The van der Waals surface area contributed by atoms with E-state index in [4.69, 9.17) is 5.11 Å². The third-order valence-electron chi connectivity index (χ3n) is 4.77. The number of aliphatic hydroxyl groups excluding tert-OH is 2. The molecule has 3 rings (SSSR count). The zero-order valence-electron chi connectivity index (χ0n) is 14.4. The molecule has 1 saturated heterocycles. The van der Waals surface area contributed by atoms with Crippen molar-refractivity contribution in [1.29, 1.82) is 0 Å². The highest BCUT2D eigenvalue weighted by molar-refractivity contribution is 6.04. The van der Waals surface area contributed by atoms with E-state index in [1.807, 2.05) is 31.2 Å². The van der Waals surface area contributed by atoms with E-state index in [-0.39, 0.29) is 18.6 Å². The number of nitrogens with zero attached hydrogens (tertiary/aromatic N) is 1. The summed E-state index contributed by atoms with van der Waals surface area (Å²) >= 11 is 0. The summed E-state index contributed by atoms with van der Waals surface area (Å²) in [5.74, 6) is 0.131. The summed E-state index contributed by atoms with van der Waals surface area (Å²) in [5.41, 5.74) is 3.08. The Bertz CT molecular complexity index is 728. The van der Waals surface area contributed by atoms with Crippen LogP contribution < -0.4 is 10.2 Å². The van der Waals surface area contributed by atoms with Crippen LogP contribution in [0.2, 0.25) is 0 Å². The molecule has 3 N–H and O–H groups in total. The molecule has 0 aromatic heterocycles. The van der Waals surface area contributed by atoms with Gasteiger partial charge in [-0.1, -0.05) is 12.1 Å². The standard InChI is InChI=1S/C20H24N2O3/c1-14(24)17-9-10-22(12-17)19-7-5-16(6-8-19)20(25)21-18-4-2-3-15(11-18)13-23/h2-8,11,14,17,23-24H,9-10,12-13H2,1H3,(H,21,25). The number of benzene rings is 2. The maximum atomic E-state index is 12.4. The van der Waals surface area contributed by atoms with Crippen molar-refractivity contribution in [3.63, 3.8) is 0 Å². The molecule has 132 valence electrons. The van der Waals surface area contributed by atoms with Crippen LogP contribution in [-0.2, 0) is 6.61 Å². The van der Waals surface area contributed by atoms with Gasteiger partial charge in [-0.2, -0.15) is 0 Å². The van der Waals surface area contributed by atoms with E-state index >= 15 is 0 Å². The van der Waals surface area contributed by atoms with Gasteiger partial charge in [0, 0.05) is 35.9 Å². The first kappa shape index (κ1) is 17.5. The number of nitrogens with one attached hydrogen (secondary N) is 1. The largest absolute Gasteiger partial charge is 0.393 e. The lowest BCUT2D eigenvalue weighted by Crippen LogP contribution is -2.23. The quantitative estimate of drug-likeness (QED) is 0.782. The number of carbonyl (C=O) groups excluding carboxylic acids is 1. The summed E-state index contributed by atoms with van der Waals surface area (Å²) in [7, 11) is 0. The Kier molecular flexibility index (Phi) is 5.36. The van der Waals surface area contributed by atoms with Gasteiger partial charge in [0.05, 0.1) is 12.7 Å². The SMILES string of the molecule is CC(O)C1CCN(c2ccc(C(=O)Nc3cccc(CO)c3)cc2)C1. The molecular formula is C20H24N2O3. The predicted octanol–water partition coefficient (Wildman–Crippen LogP) is 2.64. The molecule has 2 unspecified atom stereocenters. The molecule has 0 spiro atoms. The molecule has 1 heterocycles. The van der Waals surface area contributed by atoms with Crippen molar-refractivity contribution in [3.8, 4) is 0 Å². The fourth-order valence-electron chi connectivity index (χ4n) is 3.19. The van der Waals surface area contributed by atoms with Crippen LogP contribution in [0.5, 0.6) is 0 Å². The van der Waals surface area contributed by atoms with Gasteiger partial charge in [-0.25, -0.2) is 0 Å². The van der Waals surface area contributed by atoms with Crippen molar-refractivity contribution in [3.05, 3.63) is 59.7 Å². The molecule has 0 aliphatic carbocycles. The molecule has 2 aromatic rings. The average Bonchev–Trinajstić information content (AvgIpc) is 3.12. The minimum absolute atomic E-state index is 0.0539. The number of amides is 1. The number of hydrogen-bond donors (Lipinski definition) is 3. The number of hydrogen-bond acceptors (Lipinski definition) is 4. The fourth-order valence-corrected chi connectivity index (χ4v) is 3.19. The first-order valence-electron chi connectivity index (χ1n) is 8.61. The molecule has 25 heavy (non-hydrogen) atoms. The molecule has 0 bridgehead atoms. The van der Waals surface area contributed by atoms with E-state index in [1.54, 1.807) is 24.3 Å². The summed E-state index contributed by atoms with van der Waals surface area (Å²) in [6.45, 7) is 3.56. The lowest BCUT2D eigenvalue weighted by molar-refractivity contribution is 0.102. The highest BCUT2D eigenvalue weighted by atomic mass is 16.3. The van der Waals surface area contributed by atoms with Gasteiger partial charge in [0.15, 0.2) is 0 Å². The van der Waals surface area contributed by atoms with Crippen molar-refractivity contribution in [1.82, 2.24) is 0 Å². The van der Waals surface area contributed by atoms with Crippen molar-refractivity contribution >= 4 is 17.3 Å². The third-order valence-corrected chi connectivity index (χ3v) is 4.77. The van der Waals surface area contributed by atoms with E-state index in [1.165, 1.54) is 0 Å². The maximum Gasteiger partial charge on any atom is 0.255 e. The zero-order valence-corrected chi connectivity index (χ0v) is 14.4. The molecule has 1 aliphatic heterocycles. The second kappa shape index (κ2) is 7.68. The lowest BCUT2D eigenvalue weighted by Gasteiger charge is -2.20. The maximum absolute atomic E-state index is 12.4. The molecule has 2 atom stereocenters. The van der Waals surface area contributed by atoms with Crippen molar-refractivity contribution in [2.24, 2.45) is 5.92 Å². The van der Waals surface area contributed by atoms with E-state index < -0.39 is 0 Å². The highest BCUT2D eigenvalue weighted by Gasteiger charge is 2.26. The van der Waals surface area contributed by atoms with Crippen molar-refractivity contribution in [2.75, 3.05) is 23.3 Å².